The summed E-state index contributed by atoms with van der Waals surface area (Å²) >= 11 is 0. The maximum absolute atomic E-state index is 14.7. The van der Waals surface area contributed by atoms with Gasteiger partial charge in [0.05, 0.1) is 11.9 Å². The van der Waals surface area contributed by atoms with Crippen molar-refractivity contribution < 1.29 is 31.1 Å². The van der Waals surface area contributed by atoms with Crippen LogP contribution in [0.15, 0.2) is 30.3 Å². The Morgan fingerprint density at radius 2 is 1.97 bits per heavy atom. The van der Waals surface area contributed by atoms with Gasteiger partial charge in [-0.3, -0.25) is 9.52 Å². The second-order valence-electron chi connectivity index (χ2n) is 6.69. The highest BCUT2D eigenvalue weighted by atomic mass is 32.2. The molecule has 0 aliphatic carbocycles. The number of amides is 1. The van der Waals surface area contributed by atoms with E-state index in [0.29, 0.717) is 15.6 Å². The van der Waals surface area contributed by atoms with Crippen LogP contribution in [0.2, 0.25) is 0 Å². The molecule has 1 amide bonds. The van der Waals surface area contributed by atoms with E-state index in [0.717, 1.165) is 17.9 Å². The smallest absolute Gasteiger partial charge is 0.326 e. The summed E-state index contributed by atoms with van der Waals surface area (Å²) < 4.78 is 66.2. The van der Waals surface area contributed by atoms with Crippen LogP contribution in [0.5, 0.6) is 5.75 Å². The summed E-state index contributed by atoms with van der Waals surface area (Å²) in [5.41, 5.74) is 1.29. The number of aryl methyl sites for hydroxylation is 1. The third-order valence-electron chi connectivity index (χ3n) is 4.13. The van der Waals surface area contributed by atoms with E-state index in [1.807, 2.05) is 0 Å². The number of benzene rings is 2. The number of nitrogens with zero attached hydrogens (tertiary/aromatic N) is 1. The largest absolute Gasteiger partial charge is 0.506 e. The molecule has 3 rings (SSSR count). The van der Waals surface area contributed by atoms with E-state index in [-0.39, 0.29) is 12.0 Å². The second kappa shape index (κ2) is 7.19. The summed E-state index contributed by atoms with van der Waals surface area (Å²) in [5.74, 6) is -2.54. The molecule has 0 spiro atoms. The molecule has 0 aromatic heterocycles. The number of aromatic hydroxyl groups is 1. The van der Waals surface area contributed by atoms with E-state index in [4.69, 9.17) is 0 Å². The number of carbonyl (C=O) groups excluding carboxylic acids is 1. The lowest BCUT2D eigenvalue weighted by Crippen LogP contribution is -2.30. The van der Waals surface area contributed by atoms with Gasteiger partial charge in [0.2, 0.25) is 10.0 Å². The Bertz CT molecular complexity index is 1190. The number of nitrogens with one attached hydrogen (secondary N) is 2. The van der Waals surface area contributed by atoms with Crippen molar-refractivity contribution in [2.45, 2.75) is 13.3 Å². The summed E-state index contributed by atoms with van der Waals surface area (Å²) in [6.45, 7) is 1.13. The van der Waals surface area contributed by atoms with Crippen LogP contribution in [0.25, 0.3) is 0 Å². The van der Waals surface area contributed by atoms with E-state index in [1.54, 1.807) is 29.8 Å². The van der Waals surface area contributed by atoms with Crippen LogP contribution in [0.1, 0.15) is 16.7 Å². The quantitative estimate of drug-likeness (QED) is 0.631. The minimum absolute atomic E-state index is 0.0623. The zero-order valence-electron chi connectivity index (χ0n) is 15.4. The summed E-state index contributed by atoms with van der Waals surface area (Å²) in [5, 5.41) is 10.2. The summed E-state index contributed by atoms with van der Waals surface area (Å²) in [6.07, 6.45) is 1.07. The summed E-state index contributed by atoms with van der Waals surface area (Å²) in [6, 6.07) is 7.23. The lowest BCUT2D eigenvalue weighted by atomic mass is 10.0. The first-order valence-electron chi connectivity index (χ1n) is 8.28. The molecule has 2 aromatic carbocycles. The molecule has 9 nitrogen and oxygen atoms in total. The first kappa shape index (κ1) is 20.9. The molecule has 2 aromatic rings. The number of halogens is 1. The van der Waals surface area contributed by atoms with Crippen molar-refractivity contribution in [2.24, 2.45) is 0 Å². The fraction of sp³-hybridized carbons (Fsp3) is 0.235. The minimum atomic E-state index is -4.28. The molecule has 0 saturated carbocycles. The highest BCUT2D eigenvalue weighted by Gasteiger charge is 2.37. The number of rotatable bonds is 5. The predicted octanol–water partition coefficient (Wildman–Crippen LogP) is 0.983. The molecule has 3 N–H and O–H groups in total. The SMILES string of the molecule is Cc1ccc(Cc2cc(O)c(N3CC(=O)NS3(=O)=O)c(F)c2)c(NS(C)(=O)=O)c1. The molecule has 29 heavy (non-hydrogen) atoms. The maximum atomic E-state index is 14.7. The van der Waals surface area contributed by atoms with Gasteiger partial charge in [0.25, 0.3) is 5.91 Å². The van der Waals surface area contributed by atoms with Gasteiger partial charge >= 0.3 is 10.2 Å². The standard InChI is InChI=1S/C17H18FN3O6S2/c1-10-3-4-12(14(5-10)19-28(2,24)25)6-11-7-13(18)17(15(22)8-11)21-9-16(23)20-29(21,26)27/h3-5,7-8,19,22H,6,9H2,1-2H3,(H,20,23). The molecule has 0 unspecified atom stereocenters. The van der Waals surface area contributed by atoms with E-state index < -0.39 is 49.9 Å². The summed E-state index contributed by atoms with van der Waals surface area (Å²) in [4.78, 5) is 11.4. The monoisotopic (exact) mass is 443 g/mol. The molecule has 156 valence electrons. The van der Waals surface area contributed by atoms with Crippen molar-refractivity contribution in [1.82, 2.24) is 4.72 Å². The van der Waals surface area contributed by atoms with Gasteiger partial charge in [0.1, 0.15) is 18.0 Å². The van der Waals surface area contributed by atoms with Gasteiger partial charge in [0.15, 0.2) is 5.82 Å². The van der Waals surface area contributed by atoms with Crippen LogP contribution >= 0.6 is 0 Å². The van der Waals surface area contributed by atoms with Crippen molar-refractivity contribution in [3.8, 4) is 5.75 Å². The fourth-order valence-electron chi connectivity index (χ4n) is 2.99. The van der Waals surface area contributed by atoms with Crippen molar-refractivity contribution >= 4 is 37.5 Å². The van der Waals surface area contributed by atoms with E-state index in [2.05, 4.69) is 4.72 Å². The molecular formula is C17H18FN3O6S2. The van der Waals surface area contributed by atoms with E-state index in [9.17, 15) is 31.1 Å². The van der Waals surface area contributed by atoms with Crippen LogP contribution < -0.4 is 13.7 Å². The molecular weight excluding hydrogens is 425 g/mol. The molecule has 1 aliphatic heterocycles. The molecule has 1 heterocycles. The normalized spacial score (nSPS) is 16.0. The van der Waals surface area contributed by atoms with Gasteiger partial charge in [-0.2, -0.15) is 8.42 Å². The predicted molar refractivity (Wildman–Crippen MR) is 105 cm³/mol. The average Bonchev–Trinajstić information content (AvgIpc) is 2.80. The number of sulfonamides is 1. The number of phenolic OH excluding ortho intramolecular Hbond substituents is 1. The lowest BCUT2D eigenvalue weighted by Gasteiger charge is -2.18. The minimum Gasteiger partial charge on any atom is -0.506 e. The molecule has 0 bridgehead atoms. The van der Waals surface area contributed by atoms with E-state index in [1.165, 1.54) is 6.07 Å². The number of carbonyl (C=O) groups is 1. The summed E-state index contributed by atoms with van der Waals surface area (Å²) in [7, 11) is -7.83. The number of hydrogen-bond acceptors (Lipinski definition) is 6. The van der Waals surface area contributed by atoms with Crippen LogP contribution in [-0.4, -0.2) is 40.6 Å². The zero-order valence-corrected chi connectivity index (χ0v) is 17.1. The highest BCUT2D eigenvalue weighted by Crippen LogP contribution is 2.35. The Morgan fingerprint density at radius 1 is 1.28 bits per heavy atom. The fourth-order valence-corrected chi connectivity index (χ4v) is 4.75. The third kappa shape index (κ3) is 4.59. The molecule has 1 aliphatic rings. The van der Waals surface area contributed by atoms with Gasteiger partial charge in [-0.15, -0.1) is 0 Å². The molecule has 12 heteroatoms. The number of phenols is 1. The topological polar surface area (TPSA) is 133 Å². The maximum Gasteiger partial charge on any atom is 0.326 e. The number of hydrogen-bond donors (Lipinski definition) is 3. The van der Waals surface area contributed by atoms with Crippen LogP contribution in [-0.2, 0) is 31.4 Å². The Labute approximate surface area is 167 Å². The Morgan fingerprint density at radius 3 is 2.52 bits per heavy atom. The van der Waals surface area contributed by atoms with Gasteiger partial charge in [0, 0.05) is 0 Å². The van der Waals surface area contributed by atoms with Crippen molar-refractivity contribution in [2.75, 3.05) is 21.8 Å². The van der Waals surface area contributed by atoms with Crippen molar-refractivity contribution in [3.63, 3.8) is 0 Å². The number of anilines is 2. The van der Waals surface area contributed by atoms with Crippen molar-refractivity contribution in [3.05, 3.63) is 52.8 Å². The van der Waals surface area contributed by atoms with Gasteiger partial charge in [-0.1, -0.05) is 12.1 Å². The van der Waals surface area contributed by atoms with Crippen LogP contribution in [0.3, 0.4) is 0 Å². The van der Waals surface area contributed by atoms with Crippen LogP contribution in [0, 0.1) is 12.7 Å². The van der Waals surface area contributed by atoms with E-state index >= 15 is 0 Å². The first-order valence-corrected chi connectivity index (χ1v) is 11.6. The Balaban J connectivity index is 1.98. The molecule has 0 radical (unpaired) electrons. The van der Waals surface area contributed by atoms with Crippen LogP contribution in [0.4, 0.5) is 15.8 Å². The molecule has 1 fully saturated rings. The highest BCUT2D eigenvalue weighted by molar-refractivity contribution is 7.92. The third-order valence-corrected chi connectivity index (χ3v) is 6.10. The first-order chi connectivity index (χ1) is 13.4. The molecule has 1 saturated heterocycles. The van der Waals surface area contributed by atoms with Gasteiger partial charge < -0.3 is 5.11 Å². The van der Waals surface area contributed by atoms with Crippen molar-refractivity contribution in [1.29, 1.82) is 0 Å². The Kier molecular flexibility index (Phi) is 5.17. The zero-order chi connectivity index (χ0) is 21.6. The second-order valence-corrected chi connectivity index (χ2v) is 10.0. The average molecular weight is 443 g/mol. The van der Waals surface area contributed by atoms with Gasteiger partial charge in [-0.25, -0.2) is 21.8 Å². The Hall–Kier alpha value is -2.86. The van der Waals surface area contributed by atoms with Gasteiger partial charge in [-0.05, 0) is 48.2 Å². The lowest BCUT2D eigenvalue weighted by molar-refractivity contribution is -0.117. The molecule has 0 atom stereocenters.